The number of nitrogens with one attached hydrogen (secondary N) is 2. The van der Waals surface area contributed by atoms with Gasteiger partial charge in [-0.05, 0) is 24.1 Å². The van der Waals surface area contributed by atoms with Crippen LogP contribution in [0.4, 0.5) is 0 Å². The summed E-state index contributed by atoms with van der Waals surface area (Å²) in [7, 11) is 0. The van der Waals surface area contributed by atoms with Gasteiger partial charge < -0.3 is 4.98 Å². The molecular weight excluding hydrogens is 192 g/mol. The van der Waals surface area contributed by atoms with E-state index in [1.807, 2.05) is 6.07 Å². The Morgan fingerprint density at radius 2 is 2.07 bits per heavy atom. The first-order chi connectivity index (χ1) is 7.20. The average Bonchev–Trinajstić information content (AvgIpc) is 2.19. The van der Waals surface area contributed by atoms with E-state index in [4.69, 9.17) is 0 Å². The van der Waals surface area contributed by atoms with Crippen LogP contribution < -0.4 is 11.2 Å². The van der Waals surface area contributed by atoms with Crippen LogP contribution in [0.5, 0.6) is 0 Å². The summed E-state index contributed by atoms with van der Waals surface area (Å²) < 4.78 is 0. The van der Waals surface area contributed by atoms with Crippen LogP contribution >= 0.6 is 0 Å². The molecule has 2 aromatic rings. The lowest BCUT2D eigenvalue weighted by atomic mass is 10.1. The van der Waals surface area contributed by atoms with Gasteiger partial charge in [0.05, 0.1) is 10.9 Å². The van der Waals surface area contributed by atoms with E-state index >= 15 is 0 Å². The monoisotopic (exact) mass is 202 g/mol. The summed E-state index contributed by atoms with van der Waals surface area (Å²) in [6, 6.07) is 5.34. The minimum absolute atomic E-state index is 0.361. The number of allylic oxidation sites excluding steroid dienone is 1. The Hall–Kier alpha value is -2.10. The number of hydrogen-bond acceptors (Lipinski definition) is 2. The van der Waals surface area contributed by atoms with Crippen molar-refractivity contribution in [2.75, 3.05) is 0 Å². The highest BCUT2D eigenvalue weighted by Crippen LogP contribution is 2.09. The van der Waals surface area contributed by atoms with E-state index in [-0.39, 0.29) is 5.56 Å². The molecule has 0 aliphatic rings. The van der Waals surface area contributed by atoms with Crippen molar-refractivity contribution in [3.8, 4) is 0 Å². The van der Waals surface area contributed by atoms with Crippen molar-refractivity contribution in [3.05, 3.63) is 57.3 Å². The Bertz CT molecular complexity index is 622. The SMILES string of the molecule is C=CCc1ccc2[nH]c(=O)[nH]c(=O)c2c1. The molecule has 0 saturated carbocycles. The molecule has 4 heteroatoms. The molecule has 2 rings (SSSR count). The minimum Gasteiger partial charge on any atom is -0.307 e. The van der Waals surface area contributed by atoms with Crippen LogP contribution in [0.3, 0.4) is 0 Å². The summed E-state index contributed by atoms with van der Waals surface area (Å²) in [5, 5.41) is 0.494. The first-order valence-electron chi connectivity index (χ1n) is 4.57. The zero-order chi connectivity index (χ0) is 10.8. The fraction of sp³-hybridized carbons (Fsp3) is 0.0909. The number of benzene rings is 1. The van der Waals surface area contributed by atoms with Gasteiger partial charge in [0.25, 0.3) is 5.56 Å². The molecule has 0 spiro atoms. The molecule has 2 N–H and O–H groups in total. The lowest BCUT2D eigenvalue weighted by Gasteiger charge is -1.99. The summed E-state index contributed by atoms with van der Waals surface area (Å²) in [4.78, 5) is 27.2. The molecule has 0 unspecified atom stereocenters. The van der Waals surface area contributed by atoms with Gasteiger partial charge in [-0.25, -0.2) is 4.79 Å². The van der Waals surface area contributed by atoms with Crippen molar-refractivity contribution >= 4 is 10.9 Å². The highest BCUT2D eigenvalue weighted by atomic mass is 16.2. The molecule has 1 aromatic carbocycles. The van der Waals surface area contributed by atoms with E-state index < -0.39 is 5.69 Å². The van der Waals surface area contributed by atoms with Gasteiger partial charge in [-0.1, -0.05) is 12.1 Å². The van der Waals surface area contributed by atoms with Crippen LogP contribution in [0, 0.1) is 0 Å². The molecular formula is C11H10N2O2. The fourth-order valence-corrected chi connectivity index (χ4v) is 1.51. The number of rotatable bonds is 2. The van der Waals surface area contributed by atoms with Crippen molar-refractivity contribution in [3.63, 3.8) is 0 Å². The number of aromatic amines is 2. The highest BCUT2D eigenvalue weighted by molar-refractivity contribution is 5.77. The molecule has 0 saturated heterocycles. The average molecular weight is 202 g/mol. The Kier molecular flexibility index (Phi) is 2.25. The lowest BCUT2D eigenvalue weighted by molar-refractivity contribution is 1.08. The van der Waals surface area contributed by atoms with E-state index in [0.29, 0.717) is 17.3 Å². The van der Waals surface area contributed by atoms with Gasteiger partial charge in [-0.3, -0.25) is 9.78 Å². The van der Waals surface area contributed by atoms with E-state index in [2.05, 4.69) is 16.5 Å². The van der Waals surface area contributed by atoms with Crippen LogP contribution in [0.25, 0.3) is 10.9 Å². The summed E-state index contributed by atoms with van der Waals surface area (Å²) in [5.74, 6) is 0. The largest absolute Gasteiger partial charge is 0.326 e. The van der Waals surface area contributed by atoms with Gasteiger partial charge in [-0.15, -0.1) is 6.58 Å². The molecule has 0 aliphatic heterocycles. The number of fused-ring (bicyclic) bond motifs is 1. The van der Waals surface area contributed by atoms with Gasteiger partial charge in [0, 0.05) is 0 Å². The van der Waals surface area contributed by atoms with Gasteiger partial charge in [0.2, 0.25) is 0 Å². The smallest absolute Gasteiger partial charge is 0.307 e. The Morgan fingerprint density at radius 1 is 1.27 bits per heavy atom. The first kappa shape index (κ1) is 9.45. The summed E-state index contributed by atoms with van der Waals surface area (Å²) in [5.41, 5.74) is 0.704. The second-order valence-corrected chi connectivity index (χ2v) is 3.28. The highest BCUT2D eigenvalue weighted by Gasteiger charge is 2.00. The molecule has 1 aromatic heterocycles. The van der Waals surface area contributed by atoms with E-state index in [9.17, 15) is 9.59 Å². The Morgan fingerprint density at radius 3 is 2.80 bits per heavy atom. The van der Waals surface area contributed by atoms with Gasteiger partial charge in [-0.2, -0.15) is 0 Å². The van der Waals surface area contributed by atoms with Crippen molar-refractivity contribution in [2.45, 2.75) is 6.42 Å². The molecule has 0 amide bonds. The van der Waals surface area contributed by atoms with Crippen molar-refractivity contribution in [1.82, 2.24) is 9.97 Å². The van der Waals surface area contributed by atoms with E-state index in [0.717, 1.165) is 5.56 Å². The maximum absolute atomic E-state index is 11.5. The molecule has 1 heterocycles. The summed E-state index contributed by atoms with van der Waals surface area (Å²) >= 11 is 0. The quantitative estimate of drug-likeness (QED) is 0.712. The lowest BCUT2D eigenvalue weighted by Crippen LogP contribution is -2.21. The second-order valence-electron chi connectivity index (χ2n) is 3.28. The maximum Gasteiger partial charge on any atom is 0.326 e. The van der Waals surface area contributed by atoms with Gasteiger partial charge in [0.15, 0.2) is 0 Å². The molecule has 0 bridgehead atoms. The van der Waals surface area contributed by atoms with Crippen molar-refractivity contribution < 1.29 is 0 Å². The minimum atomic E-state index is -0.482. The Labute approximate surface area is 85.3 Å². The van der Waals surface area contributed by atoms with Crippen molar-refractivity contribution in [2.24, 2.45) is 0 Å². The second kappa shape index (κ2) is 3.57. The third-order valence-electron chi connectivity index (χ3n) is 2.18. The van der Waals surface area contributed by atoms with Crippen LogP contribution in [0.15, 0.2) is 40.4 Å². The van der Waals surface area contributed by atoms with Crippen molar-refractivity contribution in [1.29, 1.82) is 0 Å². The molecule has 0 aliphatic carbocycles. The molecule has 0 radical (unpaired) electrons. The van der Waals surface area contributed by atoms with Crippen LogP contribution in [0.1, 0.15) is 5.56 Å². The van der Waals surface area contributed by atoms with Crippen LogP contribution in [-0.2, 0) is 6.42 Å². The predicted molar refractivity (Wildman–Crippen MR) is 59.1 cm³/mol. The standard InChI is InChI=1S/C11H10N2O2/c1-2-3-7-4-5-9-8(6-7)10(14)13-11(15)12-9/h2,4-6H,1,3H2,(H2,12,13,14,15). The molecule has 0 fully saturated rings. The summed E-state index contributed by atoms with van der Waals surface area (Å²) in [6.45, 7) is 3.63. The van der Waals surface area contributed by atoms with Gasteiger partial charge >= 0.3 is 5.69 Å². The van der Waals surface area contributed by atoms with Crippen LogP contribution in [0.2, 0.25) is 0 Å². The zero-order valence-electron chi connectivity index (χ0n) is 8.04. The number of aromatic nitrogens is 2. The molecule has 4 nitrogen and oxygen atoms in total. The van der Waals surface area contributed by atoms with Crippen LogP contribution in [-0.4, -0.2) is 9.97 Å². The third-order valence-corrected chi connectivity index (χ3v) is 2.18. The topological polar surface area (TPSA) is 65.7 Å². The van der Waals surface area contributed by atoms with E-state index in [1.165, 1.54) is 0 Å². The maximum atomic E-state index is 11.5. The van der Waals surface area contributed by atoms with E-state index in [1.54, 1.807) is 18.2 Å². The number of hydrogen-bond donors (Lipinski definition) is 2. The predicted octanol–water partition coefficient (Wildman–Crippen LogP) is 0.945. The zero-order valence-corrected chi connectivity index (χ0v) is 8.04. The first-order valence-corrected chi connectivity index (χ1v) is 4.57. The molecule has 15 heavy (non-hydrogen) atoms. The fourth-order valence-electron chi connectivity index (χ4n) is 1.51. The Balaban J connectivity index is 2.76. The number of H-pyrrole nitrogens is 2. The normalized spacial score (nSPS) is 10.4. The molecule has 76 valence electrons. The summed E-state index contributed by atoms with van der Waals surface area (Å²) in [6.07, 6.45) is 2.47. The third kappa shape index (κ3) is 1.74. The molecule has 0 atom stereocenters. The van der Waals surface area contributed by atoms with Gasteiger partial charge in [0.1, 0.15) is 0 Å².